The first-order valence-electron chi connectivity index (χ1n) is 8.75. The second-order valence-electron chi connectivity index (χ2n) is 6.01. The Morgan fingerprint density at radius 1 is 1.04 bits per heavy atom. The summed E-state index contributed by atoms with van der Waals surface area (Å²) in [4.78, 5) is 24.3. The fourth-order valence-electron chi connectivity index (χ4n) is 2.82. The second-order valence-corrected chi connectivity index (χ2v) is 6.01. The predicted octanol–water partition coefficient (Wildman–Crippen LogP) is 1.60. The number of amides is 2. The molecule has 0 atom stereocenters. The molecule has 3 aromatic rings. The maximum absolute atomic E-state index is 12.5. The summed E-state index contributed by atoms with van der Waals surface area (Å²) in [7, 11) is 0. The monoisotopic (exact) mass is 382 g/mol. The number of H-pyrrole nitrogens is 1. The number of carbonyl (C=O) groups is 2. The smallest absolute Gasteiger partial charge is 0.287 e. The molecule has 0 saturated carbocycles. The van der Waals surface area contributed by atoms with Gasteiger partial charge in [0.25, 0.3) is 11.8 Å². The minimum atomic E-state index is -0.334. The molecular formula is C19H18N4O5. The number of fused-ring (bicyclic) bond motifs is 1. The van der Waals surface area contributed by atoms with Crippen molar-refractivity contribution in [1.82, 2.24) is 20.8 Å². The Morgan fingerprint density at radius 2 is 1.82 bits per heavy atom. The van der Waals surface area contributed by atoms with E-state index in [1.54, 1.807) is 18.2 Å². The number of furan rings is 1. The summed E-state index contributed by atoms with van der Waals surface area (Å²) in [5.41, 5.74) is 1.74. The first-order chi connectivity index (χ1) is 13.7. The molecule has 0 unspecified atom stereocenters. The van der Waals surface area contributed by atoms with E-state index in [2.05, 4.69) is 20.8 Å². The van der Waals surface area contributed by atoms with Gasteiger partial charge < -0.3 is 24.5 Å². The van der Waals surface area contributed by atoms with Crippen molar-refractivity contribution in [2.24, 2.45) is 0 Å². The van der Waals surface area contributed by atoms with Gasteiger partial charge >= 0.3 is 0 Å². The lowest BCUT2D eigenvalue weighted by Crippen LogP contribution is -2.34. The number of nitrogens with zero attached hydrogens (tertiary/aromatic N) is 1. The first-order valence-corrected chi connectivity index (χ1v) is 8.75. The zero-order chi connectivity index (χ0) is 19.3. The SMILES string of the molecule is O=C(NCCNC(=O)c1cn[nH]c1-c1ccc2c(c1)OCCO2)c1ccco1. The Balaban J connectivity index is 1.37. The minimum Gasteiger partial charge on any atom is -0.486 e. The maximum atomic E-state index is 12.5. The standard InChI is InChI=1S/C19H18N4O5/c24-18(20-5-6-21-19(25)15-2-1-7-26-15)13-11-22-23-17(13)12-3-4-14-16(10-12)28-9-8-27-14/h1-4,7,10-11H,5-6,8-9H2,(H,20,24)(H,21,25)(H,22,23). The Bertz CT molecular complexity index is 980. The minimum absolute atomic E-state index is 0.224. The van der Waals surface area contributed by atoms with Crippen molar-refractivity contribution in [3.05, 3.63) is 54.1 Å². The Kier molecular flexibility index (Phi) is 4.96. The molecule has 2 amide bonds. The third-order valence-electron chi connectivity index (χ3n) is 4.16. The lowest BCUT2D eigenvalue weighted by atomic mass is 10.1. The van der Waals surface area contributed by atoms with Crippen molar-refractivity contribution in [2.45, 2.75) is 0 Å². The molecule has 1 aliphatic heterocycles. The van der Waals surface area contributed by atoms with E-state index in [4.69, 9.17) is 13.9 Å². The van der Waals surface area contributed by atoms with Crippen LogP contribution in [0.1, 0.15) is 20.9 Å². The third kappa shape index (κ3) is 3.68. The third-order valence-corrected chi connectivity index (χ3v) is 4.16. The summed E-state index contributed by atoms with van der Waals surface area (Å²) in [5, 5.41) is 12.3. The summed E-state index contributed by atoms with van der Waals surface area (Å²) in [6.07, 6.45) is 2.89. The van der Waals surface area contributed by atoms with Crippen molar-refractivity contribution < 1.29 is 23.5 Å². The largest absolute Gasteiger partial charge is 0.486 e. The Morgan fingerprint density at radius 3 is 2.61 bits per heavy atom. The molecule has 0 spiro atoms. The van der Waals surface area contributed by atoms with Crippen LogP contribution in [-0.2, 0) is 0 Å². The normalized spacial score (nSPS) is 12.4. The molecule has 1 aromatic carbocycles. The number of aromatic amines is 1. The van der Waals surface area contributed by atoms with Crippen LogP contribution in [0.3, 0.4) is 0 Å². The van der Waals surface area contributed by atoms with Gasteiger partial charge in [0.1, 0.15) is 13.2 Å². The molecule has 0 radical (unpaired) electrons. The van der Waals surface area contributed by atoms with E-state index < -0.39 is 0 Å². The van der Waals surface area contributed by atoms with E-state index >= 15 is 0 Å². The highest BCUT2D eigenvalue weighted by atomic mass is 16.6. The predicted molar refractivity (Wildman–Crippen MR) is 98.4 cm³/mol. The van der Waals surface area contributed by atoms with Gasteiger partial charge in [-0.3, -0.25) is 14.7 Å². The number of hydrogen-bond donors (Lipinski definition) is 3. The maximum Gasteiger partial charge on any atom is 0.287 e. The zero-order valence-corrected chi connectivity index (χ0v) is 14.9. The average Bonchev–Trinajstić information content (AvgIpc) is 3.42. The molecule has 0 saturated heterocycles. The van der Waals surface area contributed by atoms with Crippen LogP contribution >= 0.6 is 0 Å². The molecule has 144 valence electrons. The Hall–Kier alpha value is -3.75. The van der Waals surface area contributed by atoms with Crippen molar-refractivity contribution in [3.8, 4) is 22.8 Å². The van der Waals surface area contributed by atoms with Crippen LogP contribution < -0.4 is 20.1 Å². The number of aromatic nitrogens is 2. The zero-order valence-electron chi connectivity index (χ0n) is 14.9. The van der Waals surface area contributed by atoms with Gasteiger partial charge in [-0.05, 0) is 30.3 Å². The summed E-state index contributed by atoms with van der Waals surface area (Å²) in [5.74, 6) is 0.894. The van der Waals surface area contributed by atoms with E-state index in [-0.39, 0.29) is 30.7 Å². The van der Waals surface area contributed by atoms with Crippen LogP contribution in [0.2, 0.25) is 0 Å². The van der Waals surface area contributed by atoms with E-state index in [1.807, 2.05) is 12.1 Å². The van der Waals surface area contributed by atoms with Crippen molar-refractivity contribution in [1.29, 1.82) is 0 Å². The second kappa shape index (κ2) is 7.87. The molecule has 0 aliphatic carbocycles. The lowest BCUT2D eigenvalue weighted by molar-refractivity contribution is 0.0911. The highest BCUT2D eigenvalue weighted by Gasteiger charge is 2.18. The van der Waals surface area contributed by atoms with Crippen LogP contribution in [0.5, 0.6) is 11.5 Å². The molecule has 3 N–H and O–H groups in total. The number of carbonyl (C=O) groups excluding carboxylic acids is 2. The van der Waals surface area contributed by atoms with Gasteiger partial charge in [0.15, 0.2) is 17.3 Å². The van der Waals surface area contributed by atoms with Gasteiger partial charge in [-0.2, -0.15) is 5.10 Å². The molecule has 4 rings (SSSR count). The fraction of sp³-hybridized carbons (Fsp3) is 0.211. The van der Waals surface area contributed by atoms with Crippen molar-refractivity contribution in [2.75, 3.05) is 26.3 Å². The van der Waals surface area contributed by atoms with E-state index in [1.165, 1.54) is 12.5 Å². The fourth-order valence-corrected chi connectivity index (χ4v) is 2.82. The molecule has 2 aromatic heterocycles. The summed E-state index contributed by atoms with van der Waals surface area (Å²) >= 11 is 0. The molecule has 1 aliphatic rings. The molecule has 0 bridgehead atoms. The molecule has 0 fully saturated rings. The first kappa shape index (κ1) is 17.7. The number of rotatable bonds is 6. The van der Waals surface area contributed by atoms with Crippen molar-refractivity contribution >= 4 is 11.8 Å². The van der Waals surface area contributed by atoms with Gasteiger partial charge in [-0.15, -0.1) is 0 Å². The summed E-state index contributed by atoms with van der Waals surface area (Å²) in [6.45, 7) is 1.52. The number of ether oxygens (including phenoxy) is 2. The molecule has 9 heteroatoms. The molecule has 9 nitrogen and oxygen atoms in total. The van der Waals surface area contributed by atoms with E-state index in [0.29, 0.717) is 36.0 Å². The Labute approximate surface area is 160 Å². The van der Waals surface area contributed by atoms with Gasteiger partial charge in [0.2, 0.25) is 0 Å². The van der Waals surface area contributed by atoms with E-state index in [0.717, 1.165) is 5.56 Å². The molecular weight excluding hydrogens is 364 g/mol. The van der Waals surface area contributed by atoms with Gasteiger partial charge in [0, 0.05) is 18.7 Å². The highest BCUT2D eigenvalue weighted by Crippen LogP contribution is 2.34. The van der Waals surface area contributed by atoms with Gasteiger partial charge in [0.05, 0.1) is 23.7 Å². The highest BCUT2D eigenvalue weighted by molar-refractivity contribution is 6.00. The van der Waals surface area contributed by atoms with Crippen LogP contribution in [0.15, 0.2) is 47.2 Å². The summed E-state index contributed by atoms with van der Waals surface area (Å²) in [6, 6.07) is 8.65. The van der Waals surface area contributed by atoms with E-state index in [9.17, 15) is 9.59 Å². The number of nitrogens with one attached hydrogen (secondary N) is 3. The number of hydrogen-bond acceptors (Lipinski definition) is 6. The van der Waals surface area contributed by atoms with Crippen molar-refractivity contribution in [3.63, 3.8) is 0 Å². The van der Waals surface area contributed by atoms with Crippen LogP contribution in [0, 0.1) is 0 Å². The quantitative estimate of drug-likeness (QED) is 0.557. The van der Waals surface area contributed by atoms with Crippen LogP contribution in [0.25, 0.3) is 11.3 Å². The van der Waals surface area contributed by atoms with Crippen LogP contribution in [-0.4, -0.2) is 48.3 Å². The molecule has 3 heterocycles. The topological polar surface area (TPSA) is 118 Å². The van der Waals surface area contributed by atoms with Gasteiger partial charge in [-0.25, -0.2) is 0 Å². The number of benzene rings is 1. The lowest BCUT2D eigenvalue weighted by Gasteiger charge is -2.18. The summed E-state index contributed by atoms with van der Waals surface area (Å²) < 4.78 is 16.1. The average molecular weight is 382 g/mol. The molecule has 28 heavy (non-hydrogen) atoms. The van der Waals surface area contributed by atoms with Crippen LogP contribution in [0.4, 0.5) is 0 Å². The van der Waals surface area contributed by atoms with Gasteiger partial charge in [-0.1, -0.05) is 0 Å².